The Hall–Kier alpha value is -3.18. The van der Waals surface area contributed by atoms with Crippen LogP contribution in [0.3, 0.4) is 0 Å². The van der Waals surface area contributed by atoms with Gasteiger partial charge in [-0.3, -0.25) is 14.7 Å². The van der Waals surface area contributed by atoms with Crippen molar-refractivity contribution in [2.24, 2.45) is 0 Å². The number of hydrogen-bond acceptors (Lipinski definition) is 4. The Balaban J connectivity index is 1.33. The van der Waals surface area contributed by atoms with Gasteiger partial charge in [-0.15, -0.1) is 0 Å². The van der Waals surface area contributed by atoms with Crippen LogP contribution in [0.15, 0.2) is 79.1 Å². The fraction of sp³-hybridized carbons (Fsp3) is 0.280. The minimum atomic E-state index is 0.0387. The molecule has 0 radical (unpaired) electrons. The van der Waals surface area contributed by atoms with Crippen molar-refractivity contribution >= 4 is 16.8 Å². The van der Waals surface area contributed by atoms with E-state index >= 15 is 0 Å². The van der Waals surface area contributed by atoms with Gasteiger partial charge in [-0.2, -0.15) is 0 Å². The van der Waals surface area contributed by atoms with Crippen molar-refractivity contribution in [3.8, 4) is 0 Å². The molecule has 2 saturated heterocycles. The molecule has 3 aromatic rings. The smallest absolute Gasteiger partial charge is 0.242 e. The summed E-state index contributed by atoms with van der Waals surface area (Å²) >= 11 is 0. The Bertz CT molecular complexity index is 1080. The maximum atomic E-state index is 12.8. The molecule has 152 valence electrons. The number of carbonyl (C=O) groups excluding carboxylic acids is 1. The van der Waals surface area contributed by atoms with Crippen molar-refractivity contribution < 1.29 is 4.79 Å². The molecule has 0 N–H and O–H groups in total. The molecule has 5 heteroatoms. The van der Waals surface area contributed by atoms with E-state index in [1.807, 2.05) is 35.4 Å². The summed E-state index contributed by atoms with van der Waals surface area (Å²) in [6, 6.07) is 20.8. The number of carbonyl (C=O) groups is 1. The van der Waals surface area contributed by atoms with Gasteiger partial charge in [-0.25, -0.2) is 0 Å². The van der Waals surface area contributed by atoms with Gasteiger partial charge in [0.1, 0.15) is 0 Å². The monoisotopic (exact) mass is 398 g/mol. The second-order valence-corrected chi connectivity index (χ2v) is 8.16. The highest BCUT2D eigenvalue weighted by Crippen LogP contribution is 2.27. The lowest BCUT2D eigenvalue weighted by atomic mass is 10.0. The summed E-state index contributed by atoms with van der Waals surface area (Å²) in [6.45, 7) is 8.84. The van der Waals surface area contributed by atoms with E-state index in [0.717, 1.165) is 43.9 Å². The Labute approximate surface area is 177 Å². The van der Waals surface area contributed by atoms with E-state index in [4.69, 9.17) is 0 Å². The summed E-state index contributed by atoms with van der Waals surface area (Å²) < 4.78 is 0. The topological polar surface area (TPSA) is 39.7 Å². The number of rotatable bonds is 4. The minimum absolute atomic E-state index is 0.0387. The van der Waals surface area contributed by atoms with Crippen LogP contribution in [-0.2, 0) is 17.9 Å². The van der Waals surface area contributed by atoms with Crippen LogP contribution in [0.25, 0.3) is 10.9 Å². The maximum absolute atomic E-state index is 12.8. The predicted molar refractivity (Wildman–Crippen MR) is 119 cm³/mol. The quantitative estimate of drug-likeness (QED) is 0.676. The SMILES string of the molecule is C=C1C2CN(Cc3cccc4ncccc34)CCN2C(=O)CN1Cc1ccccc1. The molecule has 0 bridgehead atoms. The second kappa shape index (κ2) is 7.92. The standard InChI is InChI=1S/C25H26N4O/c1-19-24-17-27(16-21-9-5-11-23-22(21)10-6-12-26-23)13-14-29(24)25(30)18-28(19)15-20-7-3-2-4-8-20/h2-12,24H,1,13-18H2. The number of aromatic nitrogens is 1. The van der Waals surface area contributed by atoms with Crippen molar-refractivity contribution in [1.29, 1.82) is 0 Å². The summed E-state index contributed by atoms with van der Waals surface area (Å²) in [5, 5.41) is 1.20. The molecule has 1 amide bonds. The summed E-state index contributed by atoms with van der Waals surface area (Å²) in [4.78, 5) is 23.9. The molecule has 2 aliphatic rings. The third-order valence-corrected chi connectivity index (χ3v) is 6.25. The van der Waals surface area contributed by atoms with Gasteiger partial charge in [0, 0.05) is 50.0 Å². The summed E-state index contributed by atoms with van der Waals surface area (Å²) in [6.07, 6.45) is 1.84. The molecule has 3 heterocycles. The number of piperazine rings is 2. The van der Waals surface area contributed by atoms with Crippen molar-refractivity contribution in [2.45, 2.75) is 19.1 Å². The molecule has 1 aromatic heterocycles. The van der Waals surface area contributed by atoms with E-state index in [9.17, 15) is 4.79 Å². The first-order chi connectivity index (χ1) is 14.7. The lowest BCUT2D eigenvalue weighted by Gasteiger charge is -2.49. The van der Waals surface area contributed by atoms with Gasteiger partial charge in [0.15, 0.2) is 0 Å². The number of nitrogens with zero attached hydrogens (tertiary/aromatic N) is 4. The van der Waals surface area contributed by atoms with Crippen LogP contribution < -0.4 is 0 Å². The normalized spacial score (nSPS) is 19.9. The van der Waals surface area contributed by atoms with Crippen molar-refractivity contribution in [3.05, 3.63) is 90.3 Å². The first kappa shape index (κ1) is 18.8. The Morgan fingerprint density at radius 3 is 2.70 bits per heavy atom. The van der Waals surface area contributed by atoms with Crippen LogP contribution >= 0.6 is 0 Å². The highest BCUT2D eigenvalue weighted by atomic mass is 16.2. The molecule has 2 fully saturated rings. The molecule has 1 atom stereocenters. The van der Waals surface area contributed by atoms with E-state index in [1.165, 1.54) is 16.5 Å². The van der Waals surface area contributed by atoms with E-state index in [-0.39, 0.29) is 11.9 Å². The minimum Gasteiger partial charge on any atom is -0.360 e. The predicted octanol–water partition coefficient (Wildman–Crippen LogP) is 3.28. The lowest BCUT2D eigenvalue weighted by Crippen LogP contribution is -2.62. The lowest BCUT2D eigenvalue weighted by molar-refractivity contribution is -0.140. The Kier molecular flexibility index (Phi) is 4.97. The molecule has 0 saturated carbocycles. The van der Waals surface area contributed by atoms with Gasteiger partial charge >= 0.3 is 0 Å². The van der Waals surface area contributed by atoms with Gasteiger partial charge in [0.2, 0.25) is 5.91 Å². The van der Waals surface area contributed by atoms with E-state index < -0.39 is 0 Å². The second-order valence-electron chi connectivity index (χ2n) is 8.16. The number of fused-ring (bicyclic) bond motifs is 2. The number of amides is 1. The number of pyridine rings is 1. The van der Waals surface area contributed by atoms with Crippen LogP contribution in [-0.4, -0.2) is 57.8 Å². The first-order valence-electron chi connectivity index (χ1n) is 10.5. The zero-order valence-electron chi connectivity index (χ0n) is 17.1. The average Bonchev–Trinajstić information content (AvgIpc) is 2.78. The van der Waals surface area contributed by atoms with Crippen LogP contribution in [0.2, 0.25) is 0 Å². The fourth-order valence-electron chi connectivity index (χ4n) is 4.64. The number of benzene rings is 2. The molecular weight excluding hydrogens is 372 g/mol. The first-order valence-corrected chi connectivity index (χ1v) is 10.5. The Morgan fingerprint density at radius 2 is 1.83 bits per heavy atom. The van der Waals surface area contributed by atoms with Gasteiger partial charge < -0.3 is 9.80 Å². The molecule has 30 heavy (non-hydrogen) atoms. The Morgan fingerprint density at radius 1 is 0.967 bits per heavy atom. The van der Waals surface area contributed by atoms with Gasteiger partial charge in [0.25, 0.3) is 0 Å². The zero-order valence-corrected chi connectivity index (χ0v) is 17.1. The van der Waals surface area contributed by atoms with E-state index in [2.05, 4.69) is 57.8 Å². The highest BCUT2D eigenvalue weighted by Gasteiger charge is 2.38. The molecule has 2 aromatic carbocycles. The number of hydrogen-bond donors (Lipinski definition) is 0. The summed E-state index contributed by atoms with van der Waals surface area (Å²) in [7, 11) is 0. The third kappa shape index (κ3) is 3.57. The summed E-state index contributed by atoms with van der Waals surface area (Å²) in [5.74, 6) is 0.206. The fourth-order valence-corrected chi connectivity index (χ4v) is 4.64. The van der Waals surface area contributed by atoms with Crippen LogP contribution in [0.1, 0.15) is 11.1 Å². The van der Waals surface area contributed by atoms with E-state index in [1.54, 1.807) is 0 Å². The highest BCUT2D eigenvalue weighted by molar-refractivity contribution is 5.82. The van der Waals surface area contributed by atoms with Crippen LogP contribution in [0.4, 0.5) is 0 Å². The molecular formula is C25H26N4O. The van der Waals surface area contributed by atoms with Gasteiger partial charge in [0.05, 0.1) is 18.1 Å². The largest absolute Gasteiger partial charge is 0.360 e. The van der Waals surface area contributed by atoms with E-state index in [0.29, 0.717) is 6.54 Å². The molecule has 5 rings (SSSR count). The van der Waals surface area contributed by atoms with Crippen molar-refractivity contribution in [2.75, 3.05) is 26.2 Å². The molecule has 0 spiro atoms. The van der Waals surface area contributed by atoms with Crippen molar-refractivity contribution in [1.82, 2.24) is 19.7 Å². The van der Waals surface area contributed by atoms with Crippen molar-refractivity contribution in [3.63, 3.8) is 0 Å². The molecule has 0 aliphatic carbocycles. The molecule has 2 aliphatic heterocycles. The third-order valence-electron chi connectivity index (χ3n) is 6.25. The maximum Gasteiger partial charge on any atom is 0.242 e. The van der Waals surface area contributed by atoms with Gasteiger partial charge in [-0.1, -0.05) is 55.1 Å². The summed E-state index contributed by atoms with van der Waals surface area (Å²) in [5.41, 5.74) is 4.56. The zero-order chi connectivity index (χ0) is 20.5. The molecule has 1 unspecified atom stereocenters. The van der Waals surface area contributed by atoms with Crippen LogP contribution in [0, 0.1) is 0 Å². The molecule has 5 nitrogen and oxygen atoms in total. The van der Waals surface area contributed by atoms with Crippen LogP contribution in [0.5, 0.6) is 0 Å². The average molecular weight is 399 g/mol. The van der Waals surface area contributed by atoms with Gasteiger partial charge in [-0.05, 0) is 23.3 Å².